The highest BCUT2D eigenvalue weighted by molar-refractivity contribution is 7.10. The Morgan fingerprint density at radius 2 is 1.74 bits per heavy atom. The molecule has 0 aliphatic rings. The van der Waals surface area contributed by atoms with Crippen molar-refractivity contribution in [2.75, 3.05) is 13.1 Å². The van der Waals surface area contributed by atoms with E-state index in [4.69, 9.17) is 0 Å². The number of amides is 1. The molecule has 1 aromatic heterocycles. The maximum atomic E-state index is 12.4. The molecule has 0 aliphatic carbocycles. The van der Waals surface area contributed by atoms with E-state index in [-0.39, 0.29) is 11.9 Å². The Labute approximate surface area is 165 Å². The average molecular weight is 380 g/mol. The van der Waals surface area contributed by atoms with Crippen molar-refractivity contribution >= 4 is 17.2 Å². The first-order valence-corrected chi connectivity index (χ1v) is 10.3. The van der Waals surface area contributed by atoms with Gasteiger partial charge in [0.15, 0.2) is 6.54 Å². The molecule has 0 aliphatic heterocycles. The Kier molecular flexibility index (Phi) is 6.80. The summed E-state index contributed by atoms with van der Waals surface area (Å²) >= 11 is 1.73. The summed E-state index contributed by atoms with van der Waals surface area (Å²) in [5.74, 6) is 0.381. The summed E-state index contributed by atoms with van der Waals surface area (Å²) in [6.07, 6.45) is 0. The van der Waals surface area contributed by atoms with Gasteiger partial charge in [0.2, 0.25) is 0 Å². The quantitative estimate of drug-likeness (QED) is 0.617. The summed E-state index contributed by atoms with van der Waals surface area (Å²) < 4.78 is 0. The lowest BCUT2D eigenvalue weighted by molar-refractivity contribution is -0.676. The Morgan fingerprint density at radius 1 is 1.00 bits per heavy atom. The van der Waals surface area contributed by atoms with Gasteiger partial charge in [-0.25, -0.2) is 0 Å². The van der Waals surface area contributed by atoms with Crippen LogP contribution in [0.15, 0.2) is 72.1 Å². The summed E-state index contributed by atoms with van der Waals surface area (Å²) in [5.41, 5.74) is 3.72. The first kappa shape index (κ1) is 19.3. The van der Waals surface area contributed by atoms with E-state index in [1.165, 1.54) is 21.6 Å². The van der Waals surface area contributed by atoms with Crippen LogP contribution in [0.25, 0.3) is 0 Å². The number of thiophene rings is 1. The fourth-order valence-corrected chi connectivity index (χ4v) is 3.97. The summed E-state index contributed by atoms with van der Waals surface area (Å²) in [6.45, 7) is 5.30. The lowest BCUT2D eigenvalue weighted by Crippen LogP contribution is -2.87. The molecule has 0 saturated heterocycles. The molecule has 3 N–H and O–H groups in total. The molecule has 27 heavy (non-hydrogen) atoms. The Hall–Kier alpha value is -2.43. The normalized spacial score (nSPS) is 13.1. The number of rotatable bonds is 8. The van der Waals surface area contributed by atoms with E-state index < -0.39 is 0 Å². The van der Waals surface area contributed by atoms with Crippen molar-refractivity contribution in [2.24, 2.45) is 0 Å². The average Bonchev–Trinajstić information content (AvgIpc) is 3.23. The predicted molar refractivity (Wildman–Crippen MR) is 112 cm³/mol. The third-order valence-electron chi connectivity index (χ3n) is 4.80. The molecule has 0 bridgehead atoms. The minimum absolute atomic E-state index is 0.0754. The monoisotopic (exact) mass is 379 g/mol. The van der Waals surface area contributed by atoms with E-state index in [2.05, 4.69) is 78.4 Å². The molecule has 0 unspecified atom stereocenters. The number of nitrogens with two attached hydrogens (primary N) is 1. The molecule has 0 spiro atoms. The summed E-state index contributed by atoms with van der Waals surface area (Å²) in [4.78, 5) is 13.7. The van der Waals surface area contributed by atoms with E-state index in [1.54, 1.807) is 11.3 Å². The van der Waals surface area contributed by atoms with Crippen LogP contribution in [0.4, 0.5) is 0 Å². The van der Waals surface area contributed by atoms with Gasteiger partial charge in [-0.15, -0.1) is 11.3 Å². The van der Waals surface area contributed by atoms with Crippen molar-refractivity contribution in [3.63, 3.8) is 0 Å². The third kappa shape index (κ3) is 5.52. The van der Waals surface area contributed by atoms with E-state index in [0.29, 0.717) is 19.0 Å². The molecule has 0 fully saturated rings. The lowest BCUT2D eigenvalue weighted by atomic mass is 10.0. The minimum Gasteiger partial charge on any atom is -0.351 e. The summed E-state index contributed by atoms with van der Waals surface area (Å²) in [6, 6.07) is 23.2. The maximum absolute atomic E-state index is 12.4. The van der Waals surface area contributed by atoms with Crippen LogP contribution in [0, 0.1) is 6.92 Å². The van der Waals surface area contributed by atoms with Gasteiger partial charge in [0.05, 0.1) is 4.88 Å². The number of hydrogen-bond donors (Lipinski definition) is 2. The van der Waals surface area contributed by atoms with Crippen molar-refractivity contribution in [1.29, 1.82) is 0 Å². The zero-order valence-corrected chi connectivity index (χ0v) is 16.7. The predicted octanol–water partition coefficient (Wildman–Crippen LogP) is 3.63. The standard InChI is InChI=1S/C23H26N2OS/c1-17-10-12-20(13-11-17)23(21-9-6-14-27-21)25-16-22(26)24-15-18(2)19-7-4-3-5-8-19/h3-14,18,23,25H,15-16H2,1-2H3,(H,24,26)/p+1/t18-,23-/m0/s1. The second-order valence-corrected chi connectivity index (χ2v) is 7.94. The SMILES string of the molecule is Cc1ccc([C@H]([NH2+]CC(=O)NC[C@H](C)c2ccccc2)c2cccs2)cc1. The second kappa shape index (κ2) is 9.49. The van der Waals surface area contributed by atoms with Gasteiger partial charge in [0.1, 0.15) is 6.04 Å². The molecule has 3 aromatic rings. The highest BCUT2D eigenvalue weighted by Gasteiger charge is 2.20. The van der Waals surface area contributed by atoms with Gasteiger partial charge in [0, 0.05) is 12.1 Å². The molecule has 0 radical (unpaired) electrons. The molecule has 140 valence electrons. The molecule has 0 saturated carbocycles. The van der Waals surface area contributed by atoms with Gasteiger partial charge in [0.25, 0.3) is 5.91 Å². The van der Waals surface area contributed by atoms with Crippen LogP contribution >= 0.6 is 11.3 Å². The third-order valence-corrected chi connectivity index (χ3v) is 5.75. The summed E-state index contributed by atoms with van der Waals surface area (Å²) in [5, 5.41) is 7.29. The Morgan fingerprint density at radius 3 is 2.41 bits per heavy atom. The molecule has 4 heteroatoms. The molecule has 3 rings (SSSR count). The van der Waals surface area contributed by atoms with Gasteiger partial charge in [-0.2, -0.15) is 0 Å². The fourth-order valence-electron chi connectivity index (χ4n) is 3.12. The molecule has 2 aromatic carbocycles. The van der Waals surface area contributed by atoms with Crippen LogP contribution in [-0.4, -0.2) is 19.0 Å². The van der Waals surface area contributed by atoms with Crippen molar-refractivity contribution in [1.82, 2.24) is 5.32 Å². The Bertz CT molecular complexity index is 829. The molecular weight excluding hydrogens is 352 g/mol. The summed E-state index contributed by atoms with van der Waals surface area (Å²) in [7, 11) is 0. The fraction of sp³-hybridized carbons (Fsp3) is 0.261. The van der Waals surface area contributed by atoms with Gasteiger partial charge in [-0.05, 0) is 29.9 Å². The number of nitrogens with one attached hydrogen (secondary N) is 1. The number of carbonyl (C=O) groups excluding carboxylic acids is 1. The van der Waals surface area contributed by atoms with Crippen LogP contribution in [0.3, 0.4) is 0 Å². The number of benzene rings is 2. The van der Waals surface area contributed by atoms with Crippen LogP contribution in [0.1, 0.15) is 40.5 Å². The van der Waals surface area contributed by atoms with Gasteiger partial charge in [-0.1, -0.05) is 73.2 Å². The zero-order chi connectivity index (χ0) is 19.1. The van der Waals surface area contributed by atoms with Gasteiger partial charge < -0.3 is 10.6 Å². The first-order chi connectivity index (χ1) is 13.1. The topological polar surface area (TPSA) is 45.7 Å². The first-order valence-electron chi connectivity index (χ1n) is 9.38. The largest absolute Gasteiger partial charge is 0.351 e. The zero-order valence-electron chi connectivity index (χ0n) is 15.9. The van der Waals surface area contributed by atoms with Gasteiger partial charge >= 0.3 is 0 Å². The minimum atomic E-state index is 0.0754. The van der Waals surface area contributed by atoms with E-state index in [9.17, 15) is 4.79 Å². The van der Waals surface area contributed by atoms with Crippen molar-refractivity contribution in [3.8, 4) is 0 Å². The molecule has 1 amide bonds. The van der Waals surface area contributed by atoms with E-state index in [0.717, 1.165) is 0 Å². The molecule has 3 nitrogen and oxygen atoms in total. The Balaban J connectivity index is 1.57. The second-order valence-electron chi connectivity index (χ2n) is 6.96. The van der Waals surface area contributed by atoms with Crippen molar-refractivity contribution in [3.05, 3.63) is 93.7 Å². The van der Waals surface area contributed by atoms with Crippen molar-refractivity contribution in [2.45, 2.75) is 25.8 Å². The van der Waals surface area contributed by atoms with Crippen LogP contribution in [-0.2, 0) is 4.79 Å². The highest BCUT2D eigenvalue weighted by atomic mass is 32.1. The van der Waals surface area contributed by atoms with E-state index in [1.807, 2.05) is 18.2 Å². The molecule has 1 heterocycles. The lowest BCUT2D eigenvalue weighted by Gasteiger charge is -2.16. The molecule has 2 atom stereocenters. The number of carbonyl (C=O) groups is 1. The number of hydrogen-bond acceptors (Lipinski definition) is 2. The van der Waals surface area contributed by atoms with Crippen LogP contribution < -0.4 is 10.6 Å². The highest BCUT2D eigenvalue weighted by Crippen LogP contribution is 2.23. The number of aryl methyl sites for hydroxylation is 1. The van der Waals surface area contributed by atoms with Crippen molar-refractivity contribution < 1.29 is 10.1 Å². The van der Waals surface area contributed by atoms with E-state index >= 15 is 0 Å². The van der Waals surface area contributed by atoms with Crippen LogP contribution in [0.5, 0.6) is 0 Å². The van der Waals surface area contributed by atoms with Gasteiger partial charge in [-0.3, -0.25) is 4.79 Å². The molecular formula is C23H27N2OS+. The van der Waals surface area contributed by atoms with Crippen LogP contribution in [0.2, 0.25) is 0 Å². The number of quaternary nitrogens is 1. The maximum Gasteiger partial charge on any atom is 0.275 e. The smallest absolute Gasteiger partial charge is 0.275 e.